The molecule has 0 radical (unpaired) electrons. The van der Waals surface area contributed by atoms with Crippen LogP contribution in [0.4, 0.5) is 4.79 Å². The first-order valence-corrected chi connectivity index (χ1v) is 9.05. The Morgan fingerprint density at radius 3 is 2.48 bits per heavy atom. The number of carbonyl (C=O) groups excluding carboxylic acids is 3. The number of carboxylic acid groups (broad SMARTS) is 1. The van der Waals surface area contributed by atoms with Crippen molar-refractivity contribution in [3.8, 4) is 0 Å². The molecule has 0 saturated carbocycles. The van der Waals surface area contributed by atoms with Gasteiger partial charge in [0.05, 0.1) is 25.1 Å². The normalized spacial score (nSPS) is 17.5. The predicted octanol–water partition coefficient (Wildman–Crippen LogP) is -0.0808. The molecule has 0 aliphatic carbocycles. The molecule has 2 amide bonds. The van der Waals surface area contributed by atoms with E-state index in [4.69, 9.17) is 14.6 Å². The molecule has 0 aromatic carbocycles. The van der Waals surface area contributed by atoms with Crippen LogP contribution in [0.1, 0.15) is 27.2 Å². The number of rotatable bonds is 9. The van der Waals surface area contributed by atoms with Crippen LogP contribution >= 0.6 is 0 Å². The molecule has 10 heteroatoms. The van der Waals surface area contributed by atoms with Gasteiger partial charge in [-0.3, -0.25) is 19.3 Å². The number of carboxylic acids is 1. The molecule has 154 valence electrons. The molecule has 1 fully saturated rings. The Morgan fingerprint density at radius 2 is 1.89 bits per heavy atom. The van der Waals surface area contributed by atoms with Gasteiger partial charge in [0.15, 0.2) is 0 Å². The molecule has 0 aromatic heterocycles. The lowest BCUT2D eigenvalue weighted by molar-refractivity contribution is -0.151. The van der Waals surface area contributed by atoms with E-state index in [0.29, 0.717) is 13.1 Å². The summed E-state index contributed by atoms with van der Waals surface area (Å²) in [7, 11) is 0. The summed E-state index contributed by atoms with van der Waals surface area (Å²) in [6.45, 7) is 6.36. The fourth-order valence-electron chi connectivity index (χ4n) is 2.62. The maximum atomic E-state index is 12.3. The highest BCUT2D eigenvalue weighted by Crippen LogP contribution is 2.12. The third-order valence-electron chi connectivity index (χ3n) is 4.07. The minimum atomic E-state index is -0.978. The van der Waals surface area contributed by atoms with E-state index in [1.165, 1.54) is 0 Å². The van der Waals surface area contributed by atoms with Crippen LogP contribution in [-0.4, -0.2) is 90.8 Å². The first-order chi connectivity index (χ1) is 12.7. The number of hydrogen-bond acceptors (Lipinski definition) is 7. The van der Waals surface area contributed by atoms with Gasteiger partial charge in [0.1, 0.15) is 6.61 Å². The van der Waals surface area contributed by atoms with Crippen molar-refractivity contribution >= 4 is 23.9 Å². The summed E-state index contributed by atoms with van der Waals surface area (Å²) < 4.78 is 9.96. The summed E-state index contributed by atoms with van der Waals surface area (Å²) in [6.07, 6.45) is -0.467. The second-order valence-corrected chi connectivity index (χ2v) is 6.54. The summed E-state index contributed by atoms with van der Waals surface area (Å²) in [5.74, 6) is -1.80. The molecule has 0 spiro atoms. The van der Waals surface area contributed by atoms with Gasteiger partial charge in [-0.05, 0) is 6.92 Å². The zero-order valence-corrected chi connectivity index (χ0v) is 16.1. The average molecular weight is 387 g/mol. The van der Waals surface area contributed by atoms with Gasteiger partial charge < -0.3 is 24.8 Å². The second kappa shape index (κ2) is 11.4. The van der Waals surface area contributed by atoms with Gasteiger partial charge in [-0.15, -0.1) is 0 Å². The van der Waals surface area contributed by atoms with Gasteiger partial charge in [-0.1, -0.05) is 13.8 Å². The number of nitrogens with one attached hydrogen (secondary N) is 1. The number of carbonyl (C=O) groups is 4. The van der Waals surface area contributed by atoms with Crippen molar-refractivity contribution in [2.45, 2.75) is 33.2 Å². The van der Waals surface area contributed by atoms with Gasteiger partial charge in [0.25, 0.3) is 0 Å². The van der Waals surface area contributed by atoms with Crippen LogP contribution in [0, 0.1) is 5.92 Å². The summed E-state index contributed by atoms with van der Waals surface area (Å²) in [4.78, 5) is 49.6. The zero-order valence-electron chi connectivity index (χ0n) is 16.1. The van der Waals surface area contributed by atoms with E-state index in [0.717, 1.165) is 0 Å². The molecule has 1 atom stereocenters. The Hall–Kier alpha value is -2.36. The van der Waals surface area contributed by atoms with Gasteiger partial charge in [0.2, 0.25) is 5.91 Å². The van der Waals surface area contributed by atoms with Crippen LogP contribution in [0.5, 0.6) is 0 Å². The summed E-state index contributed by atoms with van der Waals surface area (Å²) in [6, 6.07) is -0.389. The van der Waals surface area contributed by atoms with Crippen molar-refractivity contribution in [1.29, 1.82) is 0 Å². The van der Waals surface area contributed by atoms with E-state index in [9.17, 15) is 19.2 Å². The van der Waals surface area contributed by atoms with Crippen molar-refractivity contribution in [3.05, 3.63) is 0 Å². The molecule has 1 aliphatic heterocycles. The molecule has 1 saturated heterocycles. The molecular formula is C17H29N3O7. The first kappa shape index (κ1) is 22.7. The lowest BCUT2D eigenvalue weighted by Gasteiger charge is -2.40. The smallest absolute Gasteiger partial charge is 0.407 e. The molecule has 0 aromatic rings. The molecular weight excluding hydrogens is 358 g/mol. The summed E-state index contributed by atoms with van der Waals surface area (Å²) >= 11 is 0. The number of amides is 2. The van der Waals surface area contributed by atoms with Crippen molar-refractivity contribution in [3.63, 3.8) is 0 Å². The number of esters is 1. The number of hydrogen-bond donors (Lipinski definition) is 2. The van der Waals surface area contributed by atoms with Gasteiger partial charge in [-0.2, -0.15) is 0 Å². The Balaban J connectivity index is 2.57. The maximum Gasteiger partial charge on any atom is 0.407 e. The second-order valence-electron chi connectivity index (χ2n) is 6.54. The topological polar surface area (TPSA) is 125 Å². The number of nitrogens with zero attached hydrogens (tertiary/aromatic N) is 2. The Bertz CT molecular complexity index is 539. The van der Waals surface area contributed by atoms with E-state index < -0.39 is 12.1 Å². The van der Waals surface area contributed by atoms with Crippen molar-refractivity contribution in [2.24, 2.45) is 5.92 Å². The molecule has 10 nitrogen and oxygen atoms in total. The van der Waals surface area contributed by atoms with E-state index in [1.807, 2.05) is 0 Å². The average Bonchev–Trinajstić information content (AvgIpc) is 2.60. The Kier molecular flexibility index (Phi) is 9.55. The minimum Gasteiger partial charge on any atom is -0.480 e. The third kappa shape index (κ3) is 8.25. The number of aliphatic carboxylic acids is 1. The molecule has 1 unspecified atom stereocenters. The molecule has 1 rings (SSSR count). The van der Waals surface area contributed by atoms with Crippen LogP contribution in [0.25, 0.3) is 0 Å². The first-order valence-electron chi connectivity index (χ1n) is 9.05. The maximum absolute atomic E-state index is 12.3. The van der Waals surface area contributed by atoms with E-state index in [1.54, 1.807) is 30.6 Å². The van der Waals surface area contributed by atoms with Crippen LogP contribution in [0.15, 0.2) is 0 Å². The Labute approximate surface area is 158 Å². The lowest BCUT2D eigenvalue weighted by Crippen LogP contribution is -2.57. The minimum absolute atomic E-state index is 0.0230. The number of piperazine rings is 1. The van der Waals surface area contributed by atoms with Crippen molar-refractivity contribution in [2.75, 3.05) is 45.9 Å². The summed E-state index contributed by atoms with van der Waals surface area (Å²) in [5, 5.41) is 11.5. The highest BCUT2D eigenvalue weighted by molar-refractivity contribution is 5.77. The number of alkyl carbamates (subject to hydrolysis) is 1. The standard InChI is InChI=1S/C17H29N3O7/c1-4-26-17(25)18-6-5-14(21)20-8-7-19(10-15(22)23)13(9-20)11-27-16(24)12(2)3/h12-13H,4-11H2,1-3H3,(H,18,25)(H,22,23). The monoisotopic (exact) mass is 387 g/mol. The molecule has 1 aliphatic rings. The SMILES string of the molecule is CCOC(=O)NCCC(=O)N1CCN(CC(=O)O)C(COC(=O)C(C)C)C1. The van der Waals surface area contributed by atoms with Crippen molar-refractivity contribution < 1.29 is 33.8 Å². The third-order valence-corrected chi connectivity index (χ3v) is 4.07. The van der Waals surface area contributed by atoms with Crippen LogP contribution in [-0.2, 0) is 23.9 Å². The largest absolute Gasteiger partial charge is 0.480 e. The highest BCUT2D eigenvalue weighted by atomic mass is 16.5. The van der Waals surface area contributed by atoms with Gasteiger partial charge >= 0.3 is 18.0 Å². The molecule has 0 bridgehead atoms. The van der Waals surface area contributed by atoms with E-state index in [-0.39, 0.29) is 63.1 Å². The van der Waals surface area contributed by atoms with Gasteiger partial charge in [-0.25, -0.2) is 4.79 Å². The number of ether oxygens (including phenoxy) is 2. The van der Waals surface area contributed by atoms with Crippen molar-refractivity contribution in [1.82, 2.24) is 15.1 Å². The molecule has 2 N–H and O–H groups in total. The van der Waals surface area contributed by atoms with Crippen LogP contribution in [0.3, 0.4) is 0 Å². The highest BCUT2D eigenvalue weighted by Gasteiger charge is 2.31. The fraction of sp³-hybridized carbons (Fsp3) is 0.765. The molecule has 27 heavy (non-hydrogen) atoms. The quantitative estimate of drug-likeness (QED) is 0.526. The molecule has 1 heterocycles. The van der Waals surface area contributed by atoms with E-state index >= 15 is 0 Å². The lowest BCUT2D eigenvalue weighted by atomic mass is 10.1. The Morgan fingerprint density at radius 1 is 1.19 bits per heavy atom. The van der Waals surface area contributed by atoms with Crippen LogP contribution < -0.4 is 5.32 Å². The fourth-order valence-corrected chi connectivity index (χ4v) is 2.62. The van der Waals surface area contributed by atoms with Crippen LogP contribution in [0.2, 0.25) is 0 Å². The van der Waals surface area contributed by atoms with E-state index in [2.05, 4.69) is 5.32 Å². The summed E-state index contributed by atoms with van der Waals surface area (Å²) in [5.41, 5.74) is 0. The zero-order chi connectivity index (χ0) is 20.4. The van der Waals surface area contributed by atoms with Gasteiger partial charge in [0, 0.05) is 32.6 Å². The predicted molar refractivity (Wildman–Crippen MR) is 95.0 cm³/mol.